The Labute approximate surface area is 78.9 Å². The molecule has 2 atom stereocenters. The van der Waals surface area contributed by atoms with Crippen LogP contribution in [0.5, 0.6) is 0 Å². The van der Waals surface area contributed by atoms with Crippen molar-refractivity contribution in [3.8, 4) is 0 Å². The molecule has 0 aromatic carbocycles. The van der Waals surface area contributed by atoms with Crippen molar-refractivity contribution in [2.75, 3.05) is 6.54 Å². The highest BCUT2D eigenvalue weighted by Crippen LogP contribution is 2.38. The van der Waals surface area contributed by atoms with Gasteiger partial charge in [0.25, 0.3) is 6.43 Å². The lowest BCUT2D eigenvalue weighted by Crippen LogP contribution is -2.49. The van der Waals surface area contributed by atoms with E-state index in [0.29, 0.717) is 25.3 Å². The maximum Gasteiger partial charge on any atom is 0.256 e. The fourth-order valence-electron chi connectivity index (χ4n) is 2.14. The molecule has 0 heterocycles. The average molecular weight is 191 g/mol. The zero-order chi connectivity index (χ0) is 9.90. The van der Waals surface area contributed by atoms with Gasteiger partial charge in [0.15, 0.2) is 0 Å². The molecular formula is C10H19F2N. The Balaban J connectivity index is 2.54. The van der Waals surface area contributed by atoms with Crippen LogP contribution in [-0.2, 0) is 0 Å². The number of rotatable bonds is 4. The smallest absolute Gasteiger partial charge is 0.256 e. The van der Waals surface area contributed by atoms with Gasteiger partial charge in [-0.05, 0) is 38.1 Å². The second-order valence-corrected chi connectivity index (χ2v) is 4.23. The molecule has 1 fully saturated rings. The first-order valence-electron chi connectivity index (χ1n) is 5.14. The third-order valence-electron chi connectivity index (χ3n) is 2.94. The molecule has 78 valence electrons. The summed E-state index contributed by atoms with van der Waals surface area (Å²) in [5, 5.41) is 3.02. The molecule has 1 rings (SSSR count). The minimum absolute atomic E-state index is 0.443. The van der Waals surface area contributed by atoms with E-state index in [0.717, 1.165) is 12.8 Å². The van der Waals surface area contributed by atoms with Crippen LogP contribution in [0.4, 0.5) is 8.78 Å². The van der Waals surface area contributed by atoms with Crippen molar-refractivity contribution in [2.24, 2.45) is 5.92 Å². The summed E-state index contributed by atoms with van der Waals surface area (Å²) >= 11 is 0. The Morgan fingerprint density at radius 3 is 2.62 bits per heavy atom. The predicted molar refractivity (Wildman–Crippen MR) is 50.0 cm³/mol. The fraction of sp³-hybridized carbons (Fsp3) is 1.00. The largest absolute Gasteiger partial charge is 0.306 e. The standard InChI is InChI=1S/C10H19F2N/c1-3-6-13-10(9(11)12)5-4-8(2)7-10/h8-9,13H,3-7H2,1-2H3. The molecule has 2 unspecified atom stereocenters. The topological polar surface area (TPSA) is 12.0 Å². The Kier molecular flexibility index (Phi) is 3.65. The van der Waals surface area contributed by atoms with E-state index in [1.165, 1.54) is 0 Å². The summed E-state index contributed by atoms with van der Waals surface area (Å²) in [7, 11) is 0. The van der Waals surface area contributed by atoms with E-state index in [2.05, 4.69) is 12.2 Å². The van der Waals surface area contributed by atoms with E-state index in [1.54, 1.807) is 0 Å². The highest BCUT2D eigenvalue weighted by atomic mass is 19.3. The Morgan fingerprint density at radius 1 is 1.54 bits per heavy atom. The molecule has 0 radical (unpaired) electrons. The van der Waals surface area contributed by atoms with Gasteiger partial charge < -0.3 is 5.32 Å². The predicted octanol–water partition coefficient (Wildman–Crippen LogP) is 2.81. The zero-order valence-electron chi connectivity index (χ0n) is 8.45. The van der Waals surface area contributed by atoms with Crippen LogP contribution in [0, 0.1) is 5.92 Å². The van der Waals surface area contributed by atoms with Crippen molar-refractivity contribution >= 4 is 0 Å². The lowest BCUT2D eigenvalue weighted by molar-refractivity contribution is 0.0315. The van der Waals surface area contributed by atoms with Gasteiger partial charge in [0.05, 0.1) is 5.54 Å². The molecule has 1 saturated carbocycles. The maximum absolute atomic E-state index is 12.8. The molecule has 0 saturated heterocycles. The zero-order valence-corrected chi connectivity index (χ0v) is 8.45. The summed E-state index contributed by atoms with van der Waals surface area (Å²) in [6.45, 7) is 4.76. The van der Waals surface area contributed by atoms with Gasteiger partial charge in [-0.2, -0.15) is 0 Å². The molecule has 0 aromatic rings. The maximum atomic E-state index is 12.8. The summed E-state index contributed by atoms with van der Waals surface area (Å²) < 4.78 is 25.7. The lowest BCUT2D eigenvalue weighted by Gasteiger charge is -2.29. The van der Waals surface area contributed by atoms with Gasteiger partial charge in [-0.15, -0.1) is 0 Å². The molecule has 1 aliphatic carbocycles. The van der Waals surface area contributed by atoms with Gasteiger partial charge in [-0.25, -0.2) is 8.78 Å². The molecule has 1 aliphatic rings. The molecule has 1 nitrogen and oxygen atoms in total. The van der Waals surface area contributed by atoms with Gasteiger partial charge in [0.2, 0.25) is 0 Å². The molecule has 13 heavy (non-hydrogen) atoms. The third kappa shape index (κ3) is 2.39. The highest BCUT2D eigenvalue weighted by molar-refractivity contribution is 4.97. The van der Waals surface area contributed by atoms with Crippen molar-refractivity contribution in [3.63, 3.8) is 0 Å². The molecule has 0 aromatic heterocycles. The monoisotopic (exact) mass is 191 g/mol. The van der Waals surface area contributed by atoms with Crippen molar-refractivity contribution in [1.82, 2.24) is 5.32 Å². The average Bonchev–Trinajstić information content (AvgIpc) is 2.45. The summed E-state index contributed by atoms with van der Waals surface area (Å²) in [5.74, 6) is 0.443. The number of hydrogen-bond acceptors (Lipinski definition) is 1. The molecule has 0 amide bonds. The van der Waals surface area contributed by atoms with E-state index >= 15 is 0 Å². The minimum Gasteiger partial charge on any atom is -0.306 e. The van der Waals surface area contributed by atoms with Crippen LogP contribution in [0.15, 0.2) is 0 Å². The normalized spacial score (nSPS) is 34.4. The fourth-order valence-corrected chi connectivity index (χ4v) is 2.14. The molecule has 0 bridgehead atoms. The molecule has 3 heteroatoms. The van der Waals surface area contributed by atoms with Crippen LogP contribution in [0.3, 0.4) is 0 Å². The van der Waals surface area contributed by atoms with Gasteiger partial charge in [0, 0.05) is 0 Å². The summed E-state index contributed by atoms with van der Waals surface area (Å²) in [4.78, 5) is 0. The van der Waals surface area contributed by atoms with Crippen LogP contribution < -0.4 is 5.32 Å². The Morgan fingerprint density at radius 2 is 2.23 bits per heavy atom. The van der Waals surface area contributed by atoms with E-state index in [9.17, 15) is 8.78 Å². The van der Waals surface area contributed by atoms with E-state index < -0.39 is 12.0 Å². The van der Waals surface area contributed by atoms with Crippen LogP contribution in [-0.4, -0.2) is 18.5 Å². The van der Waals surface area contributed by atoms with Crippen LogP contribution in [0.2, 0.25) is 0 Å². The minimum atomic E-state index is -2.22. The number of alkyl halides is 2. The van der Waals surface area contributed by atoms with Gasteiger partial charge >= 0.3 is 0 Å². The number of hydrogen-bond donors (Lipinski definition) is 1. The van der Waals surface area contributed by atoms with Gasteiger partial charge in [0.1, 0.15) is 0 Å². The first kappa shape index (κ1) is 10.9. The van der Waals surface area contributed by atoms with Gasteiger partial charge in [-0.3, -0.25) is 0 Å². The summed E-state index contributed by atoms with van der Waals surface area (Å²) in [5.41, 5.74) is -0.866. The van der Waals surface area contributed by atoms with E-state index in [1.807, 2.05) is 6.92 Å². The first-order chi connectivity index (χ1) is 6.10. The second-order valence-electron chi connectivity index (χ2n) is 4.23. The molecule has 1 N–H and O–H groups in total. The van der Waals surface area contributed by atoms with Crippen molar-refractivity contribution in [3.05, 3.63) is 0 Å². The van der Waals surface area contributed by atoms with Crippen LogP contribution >= 0.6 is 0 Å². The van der Waals surface area contributed by atoms with E-state index in [4.69, 9.17) is 0 Å². The number of halogens is 2. The van der Waals surface area contributed by atoms with Crippen molar-refractivity contribution in [2.45, 2.75) is 51.5 Å². The number of nitrogens with one attached hydrogen (secondary N) is 1. The Bertz CT molecular complexity index is 161. The molecule has 0 spiro atoms. The lowest BCUT2D eigenvalue weighted by atomic mass is 9.96. The Hall–Kier alpha value is -0.180. The first-order valence-corrected chi connectivity index (χ1v) is 5.14. The summed E-state index contributed by atoms with van der Waals surface area (Å²) in [6, 6.07) is 0. The summed E-state index contributed by atoms with van der Waals surface area (Å²) in [6.07, 6.45) is 0.893. The van der Waals surface area contributed by atoms with Gasteiger partial charge in [-0.1, -0.05) is 13.8 Å². The van der Waals surface area contributed by atoms with Crippen molar-refractivity contribution in [1.29, 1.82) is 0 Å². The molecule has 0 aliphatic heterocycles. The third-order valence-corrected chi connectivity index (χ3v) is 2.94. The molecular weight excluding hydrogens is 172 g/mol. The van der Waals surface area contributed by atoms with Crippen LogP contribution in [0.1, 0.15) is 39.5 Å². The van der Waals surface area contributed by atoms with Crippen LogP contribution in [0.25, 0.3) is 0 Å². The quantitative estimate of drug-likeness (QED) is 0.720. The highest BCUT2D eigenvalue weighted by Gasteiger charge is 2.44. The SMILES string of the molecule is CCCNC1(C(F)F)CCC(C)C1. The van der Waals surface area contributed by atoms with E-state index in [-0.39, 0.29) is 0 Å². The second kappa shape index (κ2) is 4.36. The van der Waals surface area contributed by atoms with Crippen molar-refractivity contribution < 1.29 is 8.78 Å².